The Balaban J connectivity index is 1.46. The van der Waals surface area contributed by atoms with Crippen molar-refractivity contribution in [2.45, 2.75) is 24.5 Å². The predicted molar refractivity (Wildman–Crippen MR) is 163 cm³/mol. The van der Waals surface area contributed by atoms with Crippen LogP contribution in [0.1, 0.15) is 43.3 Å². The minimum atomic E-state index is -2.85. The molecule has 2 amide bonds. The number of rotatable bonds is 6. The minimum absolute atomic E-state index is 0.0161. The van der Waals surface area contributed by atoms with Crippen LogP contribution in [0.4, 0.5) is 5.69 Å². The normalized spacial score (nSPS) is 26.4. The second-order valence-electron chi connectivity index (χ2n) is 12.4. The first-order valence-electron chi connectivity index (χ1n) is 14.9. The molecular formula is C33H30N4O11. The van der Waals surface area contributed by atoms with Crippen molar-refractivity contribution in [2.75, 3.05) is 26.5 Å². The zero-order valence-corrected chi connectivity index (χ0v) is 25.9. The van der Waals surface area contributed by atoms with Gasteiger partial charge in [-0.25, -0.2) is 4.79 Å². The maximum absolute atomic E-state index is 14.1. The summed E-state index contributed by atoms with van der Waals surface area (Å²) in [6, 6.07) is 7.19. The molecular weight excluding hydrogens is 628 g/mol. The first-order chi connectivity index (χ1) is 22.7. The highest BCUT2D eigenvalue weighted by Gasteiger charge is 2.69. The summed E-state index contributed by atoms with van der Waals surface area (Å²) in [5.41, 5.74) is 3.51. The first-order valence-corrected chi connectivity index (χ1v) is 14.9. The number of hydrogen-bond donors (Lipinski definition) is 4. The molecule has 1 heterocycles. The van der Waals surface area contributed by atoms with Crippen LogP contribution < -0.4 is 11.1 Å². The number of benzene rings is 2. The average Bonchev–Trinajstić information content (AvgIpc) is 3.57. The highest BCUT2D eigenvalue weighted by Crippen LogP contribution is 2.52. The molecule has 6 atom stereocenters. The smallest absolute Gasteiger partial charge is 0.337 e. The number of methoxy groups -OCH3 is 1. The zero-order valence-electron chi connectivity index (χ0n) is 25.9. The van der Waals surface area contributed by atoms with Gasteiger partial charge in [0.15, 0.2) is 34.7 Å². The van der Waals surface area contributed by atoms with E-state index in [4.69, 9.17) is 15.0 Å². The molecule has 2 aromatic carbocycles. The second kappa shape index (κ2) is 11.6. The number of ether oxygens (including phenoxy) is 1. The van der Waals surface area contributed by atoms with E-state index in [9.17, 15) is 43.8 Å². The molecule has 0 spiro atoms. The monoisotopic (exact) mass is 658 g/mol. The summed E-state index contributed by atoms with van der Waals surface area (Å²) in [5, 5.41) is 28.8. The highest BCUT2D eigenvalue weighted by atomic mass is 16.5. The molecule has 248 valence electrons. The number of amides is 2. The lowest BCUT2D eigenvalue weighted by Crippen LogP contribution is -2.74. The van der Waals surface area contributed by atoms with Gasteiger partial charge in [0.25, 0.3) is 5.91 Å². The molecule has 15 nitrogen and oxygen atoms in total. The maximum Gasteiger partial charge on any atom is 0.337 e. The molecule has 6 rings (SSSR count). The second-order valence-corrected chi connectivity index (χ2v) is 12.4. The fourth-order valence-electron chi connectivity index (χ4n) is 7.49. The number of aromatic hydroxyl groups is 1. The van der Waals surface area contributed by atoms with Crippen LogP contribution >= 0.6 is 0 Å². The number of phenols is 1. The Morgan fingerprint density at radius 1 is 1.08 bits per heavy atom. The van der Waals surface area contributed by atoms with Crippen molar-refractivity contribution in [3.63, 3.8) is 0 Å². The number of hydrogen-bond acceptors (Lipinski definition) is 13. The van der Waals surface area contributed by atoms with Gasteiger partial charge in [-0.3, -0.25) is 33.7 Å². The lowest BCUT2D eigenvalue weighted by atomic mass is 9.52. The summed E-state index contributed by atoms with van der Waals surface area (Å²) in [5.74, 6) is -13.3. The summed E-state index contributed by atoms with van der Waals surface area (Å²) >= 11 is 0. The summed E-state index contributed by atoms with van der Waals surface area (Å²) in [4.78, 5) is 94.1. The van der Waals surface area contributed by atoms with Gasteiger partial charge in [0.2, 0.25) is 11.7 Å². The van der Waals surface area contributed by atoms with Gasteiger partial charge >= 0.3 is 5.97 Å². The number of Topliss-reactive ketones (excluding diaryl/α,β-unsaturated/α-hetero) is 4. The van der Waals surface area contributed by atoms with Crippen molar-refractivity contribution >= 4 is 46.6 Å². The van der Waals surface area contributed by atoms with Crippen LogP contribution in [0.2, 0.25) is 0 Å². The lowest BCUT2D eigenvalue weighted by Gasteiger charge is -2.52. The molecule has 0 radical (unpaired) electrons. The molecule has 1 aromatic heterocycles. The van der Waals surface area contributed by atoms with Crippen molar-refractivity contribution in [3.8, 4) is 16.9 Å². The van der Waals surface area contributed by atoms with Gasteiger partial charge in [0.05, 0.1) is 36.4 Å². The molecule has 15 heteroatoms. The largest absolute Gasteiger partial charge is 0.507 e. The SMILES string of the molecule is COC(=O)c1cc(NC(=O)c2ccno2)cc(-c2ccc(O)c3c2C[C@H]2C[C@H]4C(N(C)C)C(=O)C(C(N)=O)C(=O)[C@@]4(O)C(=O)C2C3=O)c1. The number of likely N-dealkylation sites (N-methyl/N-ethyl adjacent to an activating group) is 1. The van der Waals surface area contributed by atoms with Gasteiger partial charge in [0.1, 0.15) is 5.75 Å². The van der Waals surface area contributed by atoms with Crippen molar-refractivity contribution in [1.82, 2.24) is 10.1 Å². The van der Waals surface area contributed by atoms with E-state index in [1.165, 1.54) is 68.7 Å². The van der Waals surface area contributed by atoms with Crippen LogP contribution in [0.15, 0.2) is 47.1 Å². The van der Waals surface area contributed by atoms with Crippen LogP contribution in [-0.2, 0) is 30.3 Å². The third-order valence-corrected chi connectivity index (χ3v) is 9.53. The van der Waals surface area contributed by atoms with E-state index in [1.54, 1.807) is 0 Å². The topological polar surface area (TPSA) is 236 Å². The quantitative estimate of drug-likeness (QED) is 0.210. The number of carbonyl (C=O) groups excluding carboxylic acids is 7. The third-order valence-electron chi connectivity index (χ3n) is 9.53. The van der Waals surface area contributed by atoms with E-state index in [-0.39, 0.29) is 35.4 Å². The van der Waals surface area contributed by atoms with Gasteiger partial charge in [-0.1, -0.05) is 11.2 Å². The number of aliphatic hydroxyl groups is 1. The molecule has 0 saturated heterocycles. The number of phenolic OH excluding ortho intramolecular Hbond substituents is 1. The Kier molecular flexibility index (Phi) is 7.84. The average molecular weight is 659 g/mol. The Morgan fingerprint density at radius 3 is 2.44 bits per heavy atom. The van der Waals surface area contributed by atoms with Crippen LogP contribution in [-0.4, -0.2) is 94.0 Å². The number of fused-ring (bicyclic) bond motifs is 3. The number of nitrogens with two attached hydrogens (primary N) is 1. The standard InChI is InChI=1S/C33H30N4O11/c1-37(2)25-19-12-14-11-18-17(13-8-15(32(45)47-3)10-16(9-13)36-31(44)21-6-7-35-48-21)4-5-20(38)23(18)26(39)22(14)28(41)33(19,46)29(42)24(27(25)40)30(34)43/h4-10,14,19,22,24-25,38,46H,11-12H2,1-3H3,(H2,34,43)(H,36,44)/t14-,19-,22?,24?,25?,33-/m0/s1. The van der Waals surface area contributed by atoms with E-state index >= 15 is 0 Å². The van der Waals surface area contributed by atoms with Gasteiger partial charge in [-0.2, -0.15) is 0 Å². The van der Waals surface area contributed by atoms with Gasteiger partial charge in [-0.15, -0.1) is 0 Å². The van der Waals surface area contributed by atoms with E-state index in [2.05, 4.69) is 10.5 Å². The molecule has 0 aliphatic heterocycles. The Hall–Kier alpha value is -5.54. The van der Waals surface area contributed by atoms with Gasteiger partial charge in [0, 0.05) is 17.7 Å². The molecule has 3 aliphatic rings. The van der Waals surface area contributed by atoms with Gasteiger partial charge in [-0.05, 0) is 73.8 Å². The lowest BCUT2D eigenvalue weighted by molar-refractivity contribution is -0.181. The number of nitrogens with zero attached hydrogens (tertiary/aromatic N) is 2. The third kappa shape index (κ3) is 4.81. The Morgan fingerprint density at radius 2 is 1.81 bits per heavy atom. The number of aromatic nitrogens is 1. The number of carbonyl (C=O) groups is 7. The molecule has 48 heavy (non-hydrogen) atoms. The van der Waals surface area contributed by atoms with E-state index in [1.807, 2.05) is 0 Å². The van der Waals surface area contributed by atoms with Crippen LogP contribution in [0.3, 0.4) is 0 Å². The van der Waals surface area contributed by atoms with Crippen molar-refractivity contribution in [3.05, 3.63) is 65.0 Å². The molecule has 0 bridgehead atoms. The molecule has 2 saturated carbocycles. The van der Waals surface area contributed by atoms with Gasteiger partial charge < -0.3 is 30.5 Å². The highest BCUT2D eigenvalue weighted by molar-refractivity contribution is 6.32. The predicted octanol–water partition coefficient (Wildman–Crippen LogP) is 0.561. The molecule has 5 N–H and O–H groups in total. The first kappa shape index (κ1) is 32.4. The van der Waals surface area contributed by atoms with E-state index in [0.29, 0.717) is 16.7 Å². The molecule has 2 fully saturated rings. The fourth-order valence-corrected chi connectivity index (χ4v) is 7.49. The van der Waals surface area contributed by atoms with Crippen molar-refractivity contribution in [2.24, 2.45) is 29.4 Å². The fraction of sp³-hybridized carbons (Fsp3) is 0.333. The van der Waals surface area contributed by atoms with Crippen molar-refractivity contribution in [1.29, 1.82) is 0 Å². The van der Waals surface area contributed by atoms with Crippen LogP contribution in [0.25, 0.3) is 11.1 Å². The van der Waals surface area contributed by atoms with Crippen LogP contribution in [0.5, 0.6) is 5.75 Å². The summed E-state index contributed by atoms with van der Waals surface area (Å²) in [6.07, 6.45) is 1.13. The number of nitrogens with one attached hydrogen (secondary N) is 1. The zero-order chi connectivity index (χ0) is 34.8. The number of anilines is 1. The number of esters is 1. The maximum atomic E-state index is 14.1. The Bertz CT molecular complexity index is 1930. The summed E-state index contributed by atoms with van der Waals surface area (Å²) in [6.45, 7) is 0. The number of ketones is 4. The van der Waals surface area contributed by atoms with E-state index < -0.39 is 82.0 Å². The van der Waals surface area contributed by atoms with Crippen molar-refractivity contribution < 1.29 is 53.0 Å². The summed E-state index contributed by atoms with van der Waals surface area (Å²) in [7, 11) is 4.17. The number of primary amides is 1. The van der Waals surface area contributed by atoms with E-state index in [0.717, 1.165) is 0 Å². The molecule has 3 aliphatic carbocycles. The Labute approximate surface area is 272 Å². The minimum Gasteiger partial charge on any atom is -0.507 e. The molecule has 3 aromatic rings. The summed E-state index contributed by atoms with van der Waals surface area (Å²) < 4.78 is 9.80. The molecule has 3 unspecified atom stereocenters. The van der Waals surface area contributed by atoms with Crippen LogP contribution in [0, 0.1) is 23.7 Å².